The van der Waals surface area contributed by atoms with Crippen LogP contribution in [0.3, 0.4) is 0 Å². The van der Waals surface area contributed by atoms with Gasteiger partial charge in [-0.15, -0.1) is 0 Å². The lowest BCUT2D eigenvalue weighted by Crippen LogP contribution is -2.29. The van der Waals surface area contributed by atoms with Crippen LogP contribution in [0, 0.1) is 20.8 Å². The van der Waals surface area contributed by atoms with E-state index in [4.69, 9.17) is 5.84 Å². The molecule has 0 amide bonds. The molecule has 0 aliphatic heterocycles. The Bertz CT molecular complexity index is 618. The van der Waals surface area contributed by atoms with Crippen LogP contribution in [0.1, 0.15) is 33.9 Å². The number of nitrogens with two attached hydrogens (primary N) is 1. The van der Waals surface area contributed by atoms with Gasteiger partial charge in [0.2, 0.25) is 0 Å². The summed E-state index contributed by atoms with van der Waals surface area (Å²) >= 11 is 7.06. The molecule has 2 aromatic carbocycles. The van der Waals surface area contributed by atoms with Crippen LogP contribution in [0.4, 0.5) is 0 Å². The van der Waals surface area contributed by atoms with Gasteiger partial charge in [0.05, 0.1) is 6.04 Å². The summed E-state index contributed by atoms with van der Waals surface area (Å²) in [5, 5.41) is 0. The molecule has 20 heavy (non-hydrogen) atoms. The third kappa shape index (κ3) is 3.31. The number of hydrogen-bond donors (Lipinski definition) is 2. The van der Waals surface area contributed by atoms with Gasteiger partial charge in [0.15, 0.2) is 0 Å². The quantitative estimate of drug-likeness (QED) is 0.582. The average molecular weight is 398 g/mol. The number of benzene rings is 2. The average Bonchev–Trinajstić information content (AvgIpc) is 2.35. The minimum absolute atomic E-state index is 0.0249. The molecule has 106 valence electrons. The van der Waals surface area contributed by atoms with E-state index in [0.717, 1.165) is 14.5 Å². The Balaban J connectivity index is 2.55. The fraction of sp³-hybridized carbons (Fsp3) is 0.250. The van der Waals surface area contributed by atoms with Gasteiger partial charge in [-0.1, -0.05) is 44.0 Å². The van der Waals surface area contributed by atoms with Gasteiger partial charge in [-0.2, -0.15) is 0 Å². The van der Waals surface area contributed by atoms with Crippen molar-refractivity contribution < 1.29 is 0 Å². The van der Waals surface area contributed by atoms with Crippen LogP contribution < -0.4 is 11.3 Å². The smallest absolute Gasteiger partial charge is 0.0713 e. The maximum Gasteiger partial charge on any atom is 0.0713 e. The Hall–Kier alpha value is -0.680. The van der Waals surface area contributed by atoms with Gasteiger partial charge in [-0.3, -0.25) is 5.84 Å². The SMILES string of the molecule is Cc1cc(C)c(C(NN)c2cc(Br)cc(Br)c2)cc1C. The number of halogens is 2. The van der Waals surface area contributed by atoms with Gasteiger partial charge in [-0.05, 0) is 66.8 Å². The van der Waals surface area contributed by atoms with E-state index in [-0.39, 0.29) is 6.04 Å². The summed E-state index contributed by atoms with van der Waals surface area (Å²) in [6, 6.07) is 10.6. The first kappa shape index (κ1) is 15.7. The Labute approximate surface area is 137 Å². The summed E-state index contributed by atoms with van der Waals surface area (Å²) in [5.41, 5.74) is 9.09. The van der Waals surface area contributed by atoms with Crippen molar-refractivity contribution in [3.05, 3.63) is 67.1 Å². The van der Waals surface area contributed by atoms with Crippen LogP contribution in [0.2, 0.25) is 0 Å². The molecule has 0 radical (unpaired) electrons. The van der Waals surface area contributed by atoms with E-state index in [9.17, 15) is 0 Å². The van der Waals surface area contributed by atoms with Gasteiger partial charge < -0.3 is 0 Å². The Morgan fingerprint density at radius 1 is 0.850 bits per heavy atom. The van der Waals surface area contributed by atoms with Crippen LogP contribution in [0.5, 0.6) is 0 Å². The normalized spacial score (nSPS) is 12.5. The van der Waals surface area contributed by atoms with Gasteiger partial charge in [0.1, 0.15) is 0 Å². The van der Waals surface area contributed by atoms with Gasteiger partial charge >= 0.3 is 0 Å². The zero-order valence-electron chi connectivity index (χ0n) is 11.8. The second-order valence-corrected chi connectivity index (χ2v) is 6.93. The van der Waals surface area contributed by atoms with E-state index in [1.165, 1.54) is 22.3 Å². The van der Waals surface area contributed by atoms with Crippen LogP contribution in [0.25, 0.3) is 0 Å². The van der Waals surface area contributed by atoms with E-state index < -0.39 is 0 Å². The summed E-state index contributed by atoms with van der Waals surface area (Å²) in [7, 11) is 0. The molecule has 0 aliphatic rings. The van der Waals surface area contributed by atoms with E-state index in [0.29, 0.717) is 0 Å². The molecule has 3 N–H and O–H groups in total. The molecule has 0 aromatic heterocycles. The van der Waals surface area contributed by atoms with Crippen LogP contribution >= 0.6 is 31.9 Å². The molecule has 0 spiro atoms. The summed E-state index contributed by atoms with van der Waals surface area (Å²) in [6.45, 7) is 6.38. The highest BCUT2D eigenvalue weighted by molar-refractivity contribution is 9.11. The van der Waals surface area contributed by atoms with E-state index in [1.807, 2.05) is 6.07 Å². The molecule has 0 aliphatic carbocycles. The van der Waals surface area contributed by atoms with Gasteiger partial charge in [-0.25, -0.2) is 5.43 Å². The van der Waals surface area contributed by atoms with Gasteiger partial charge in [0.25, 0.3) is 0 Å². The molecule has 1 unspecified atom stereocenters. The van der Waals surface area contributed by atoms with E-state index >= 15 is 0 Å². The lowest BCUT2D eigenvalue weighted by molar-refractivity contribution is 0.632. The molecule has 0 saturated heterocycles. The van der Waals surface area contributed by atoms with E-state index in [2.05, 4.69) is 82.3 Å². The van der Waals surface area contributed by atoms with Crippen molar-refractivity contribution in [1.29, 1.82) is 0 Å². The number of hydrogen-bond acceptors (Lipinski definition) is 2. The Morgan fingerprint density at radius 2 is 1.40 bits per heavy atom. The fourth-order valence-corrected chi connectivity index (χ4v) is 3.73. The maximum absolute atomic E-state index is 5.81. The zero-order chi connectivity index (χ0) is 14.9. The highest BCUT2D eigenvalue weighted by atomic mass is 79.9. The van der Waals surface area contributed by atoms with Gasteiger partial charge in [0, 0.05) is 8.95 Å². The molecule has 2 aromatic rings. The fourth-order valence-electron chi connectivity index (χ4n) is 2.40. The topological polar surface area (TPSA) is 38.0 Å². The second-order valence-electron chi connectivity index (χ2n) is 5.10. The first-order chi connectivity index (χ1) is 9.42. The van der Waals surface area contributed by atoms with E-state index in [1.54, 1.807) is 0 Å². The summed E-state index contributed by atoms with van der Waals surface area (Å²) < 4.78 is 2.06. The van der Waals surface area contributed by atoms with Crippen molar-refractivity contribution in [2.75, 3.05) is 0 Å². The minimum atomic E-state index is -0.0249. The van der Waals surface area contributed by atoms with Crippen LogP contribution in [-0.4, -0.2) is 0 Å². The van der Waals surface area contributed by atoms with Crippen LogP contribution in [-0.2, 0) is 0 Å². The maximum atomic E-state index is 5.81. The molecule has 2 rings (SSSR count). The third-order valence-electron chi connectivity index (χ3n) is 3.58. The van der Waals surface area contributed by atoms with Crippen molar-refractivity contribution in [2.24, 2.45) is 5.84 Å². The molecule has 1 atom stereocenters. The molecule has 0 bridgehead atoms. The first-order valence-corrected chi connectivity index (χ1v) is 8.01. The monoisotopic (exact) mass is 396 g/mol. The number of hydrazine groups is 1. The Morgan fingerprint density at radius 3 is 1.95 bits per heavy atom. The second kappa shape index (κ2) is 6.39. The minimum Gasteiger partial charge on any atom is -0.271 e. The lowest BCUT2D eigenvalue weighted by Gasteiger charge is -2.21. The zero-order valence-corrected chi connectivity index (χ0v) is 15.0. The highest BCUT2D eigenvalue weighted by Crippen LogP contribution is 2.30. The summed E-state index contributed by atoms with van der Waals surface area (Å²) in [5.74, 6) is 5.81. The predicted octanol–water partition coefficient (Wildman–Crippen LogP) is 4.69. The number of rotatable bonds is 3. The molecular formula is C16H18Br2N2. The Kier molecular flexibility index (Phi) is 5.02. The highest BCUT2D eigenvalue weighted by Gasteiger charge is 2.16. The molecule has 0 heterocycles. The lowest BCUT2D eigenvalue weighted by atomic mass is 9.92. The van der Waals surface area contributed by atoms with Crippen molar-refractivity contribution >= 4 is 31.9 Å². The molecule has 0 saturated carbocycles. The van der Waals surface area contributed by atoms with Crippen molar-refractivity contribution in [2.45, 2.75) is 26.8 Å². The third-order valence-corrected chi connectivity index (χ3v) is 4.49. The molecular weight excluding hydrogens is 380 g/mol. The predicted molar refractivity (Wildman–Crippen MR) is 91.7 cm³/mol. The van der Waals surface area contributed by atoms with Crippen LogP contribution in [0.15, 0.2) is 39.3 Å². The van der Waals surface area contributed by atoms with Crippen molar-refractivity contribution in [1.82, 2.24) is 5.43 Å². The molecule has 2 nitrogen and oxygen atoms in total. The molecule has 4 heteroatoms. The standard InChI is InChI=1S/C16H18Br2N2/c1-9-4-11(3)15(5-10(9)2)16(20-19)12-6-13(17)8-14(18)7-12/h4-8,16,20H,19H2,1-3H3. The first-order valence-electron chi connectivity index (χ1n) is 6.42. The largest absolute Gasteiger partial charge is 0.271 e. The van der Waals surface area contributed by atoms with Crippen molar-refractivity contribution in [3.8, 4) is 0 Å². The number of aryl methyl sites for hydroxylation is 3. The van der Waals surface area contributed by atoms with Crippen molar-refractivity contribution in [3.63, 3.8) is 0 Å². The summed E-state index contributed by atoms with van der Waals surface area (Å²) in [6.07, 6.45) is 0. The number of nitrogens with one attached hydrogen (secondary N) is 1. The molecule has 0 fully saturated rings. The summed E-state index contributed by atoms with van der Waals surface area (Å²) in [4.78, 5) is 0.